The van der Waals surface area contributed by atoms with E-state index < -0.39 is 17.4 Å². The van der Waals surface area contributed by atoms with Gasteiger partial charge in [0.15, 0.2) is 17.4 Å². The van der Waals surface area contributed by atoms with Crippen LogP contribution in [0.2, 0.25) is 0 Å². The Kier molecular flexibility index (Phi) is 10.1. The van der Waals surface area contributed by atoms with Gasteiger partial charge in [0.2, 0.25) is 0 Å². The van der Waals surface area contributed by atoms with Crippen LogP contribution in [0.25, 0.3) is 22.0 Å². The molecule has 1 saturated heterocycles. The maximum atomic E-state index is 14.6. The Hall–Kier alpha value is -2.19. The quantitative estimate of drug-likeness (QED) is 0.418. The van der Waals surface area contributed by atoms with Gasteiger partial charge in [0.05, 0.1) is 12.3 Å². The van der Waals surface area contributed by atoms with Crippen LogP contribution in [-0.2, 0) is 4.74 Å². The van der Waals surface area contributed by atoms with Crippen molar-refractivity contribution in [2.75, 3.05) is 57.9 Å². The Labute approximate surface area is 205 Å². The van der Waals surface area contributed by atoms with E-state index in [0.717, 1.165) is 49.3 Å². The van der Waals surface area contributed by atoms with Crippen LogP contribution in [-0.4, -0.2) is 62.9 Å². The molecule has 0 aliphatic carbocycles. The summed E-state index contributed by atoms with van der Waals surface area (Å²) in [4.78, 5) is 9.50. The number of hydrogen-bond donors (Lipinski definition) is 0. The van der Waals surface area contributed by atoms with E-state index in [1.165, 1.54) is 19.2 Å². The van der Waals surface area contributed by atoms with Gasteiger partial charge in [-0.05, 0) is 30.1 Å². The number of methoxy groups -OCH3 is 1. The van der Waals surface area contributed by atoms with E-state index in [-0.39, 0.29) is 38.0 Å². The number of nitrogens with zero attached hydrogens (tertiary/aromatic N) is 3. The lowest BCUT2D eigenvalue weighted by Gasteiger charge is -2.35. The molecule has 1 fully saturated rings. The average Bonchev–Trinajstić information content (AvgIpc) is 2.80. The molecule has 0 saturated carbocycles. The van der Waals surface area contributed by atoms with Crippen LogP contribution in [0.15, 0.2) is 42.5 Å². The molecule has 9 heteroatoms. The molecule has 0 bridgehead atoms. The number of pyridine rings is 1. The summed E-state index contributed by atoms with van der Waals surface area (Å²) in [5.74, 6) is -1.04. The van der Waals surface area contributed by atoms with E-state index in [0.29, 0.717) is 11.3 Å². The third-order valence-corrected chi connectivity index (χ3v) is 5.67. The largest absolute Gasteiger partial charge is 0.485 e. The van der Waals surface area contributed by atoms with Crippen molar-refractivity contribution in [2.45, 2.75) is 6.92 Å². The number of halogens is 4. The Morgan fingerprint density at radius 3 is 2.24 bits per heavy atom. The molecule has 0 spiro atoms. The second kappa shape index (κ2) is 12.3. The van der Waals surface area contributed by atoms with E-state index in [9.17, 15) is 8.78 Å². The molecule has 1 aliphatic rings. The summed E-state index contributed by atoms with van der Waals surface area (Å²) in [6.45, 7) is 7.18. The molecule has 2 heterocycles. The van der Waals surface area contributed by atoms with Crippen LogP contribution in [0.4, 0.5) is 14.6 Å². The molecule has 3 aromatic rings. The Bertz CT molecular complexity index is 1040. The van der Waals surface area contributed by atoms with Crippen LogP contribution in [0.1, 0.15) is 6.92 Å². The molecule has 180 valence electrons. The number of rotatable bonds is 7. The number of anilines is 1. The fourth-order valence-corrected chi connectivity index (χ4v) is 3.92. The van der Waals surface area contributed by atoms with E-state index >= 15 is 0 Å². The highest BCUT2D eigenvalue weighted by Gasteiger charge is 2.21. The van der Waals surface area contributed by atoms with Crippen molar-refractivity contribution in [3.05, 3.63) is 54.1 Å². The summed E-state index contributed by atoms with van der Waals surface area (Å²) in [6.07, 6.45) is 0. The molecule has 0 atom stereocenters. The standard InChI is InChI=1S/C24H27F2N3O2.2ClH/c1-3-28-8-10-29(11-9-28)24-19-7-5-4-6-17(19)16-22(27-24)18-14-20(25)23(21(26)15-18)31-13-12-30-2;;/h4-7,14-16H,3,8-13H2,1-2H3;2*1H. The van der Waals surface area contributed by atoms with Gasteiger partial charge < -0.3 is 19.3 Å². The van der Waals surface area contributed by atoms with Gasteiger partial charge in [-0.25, -0.2) is 13.8 Å². The van der Waals surface area contributed by atoms with E-state index in [4.69, 9.17) is 14.5 Å². The van der Waals surface area contributed by atoms with Gasteiger partial charge in [0.1, 0.15) is 12.4 Å². The maximum Gasteiger partial charge on any atom is 0.190 e. The van der Waals surface area contributed by atoms with Crippen molar-refractivity contribution in [3.63, 3.8) is 0 Å². The molecular weight excluding hydrogens is 471 g/mol. The molecule has 1 aromatic heterocycles. The normalized spacial score (nSPS) is 14.0. The van der Waals surface area contributed by atoms with Crippen molar-refractivity contribution in [1.82, 2.24) is 9.88 Å². The van der Waals surface area contributed by atoms with Crippen LogP contribution >= 0.6 is 24.8 Å². The smallest absolute Gasteiger partial charge is 0.190 e. The summed E-state index contributed by atoms with van der Waals surface area (Å²) in [7, 11) is 1.50. The van der Waals surface area contributed by atoms with Crippen molar-refractivity contribution in [2.24, 2.45) is 0 Å². The number of hydrogen-bond acceptors (Lipinski definition) is 5. The van der Waals surface area contributed by atoms with Crippen LogP contribution in [0.5, 0.6) is 5.75 Å². The number of benzene rings is 2. The third kappa shape index (κ3) is 6.03. The second-order valence-corrected chi connectivity index (χ2v) is 7.58. The molecule has 1 aliphatic heterocycles. The minimum Gasteiger partial charge on any atom is -0.485 e. The zero-order chi connectivity index (χ0) is 21.8. The summed E-state index contributed by atoms with van der Waals surface area (Å²) in [5, 5.41) is 2.03. The first kappa shape index (κ1) is 27.1. The number of piperazine rings is 1. The lowest BCUT2D eigenvalue weighted by atomic mass is 10.1. The molecule has 33 heavy (non-hydrogen) atoms. The van der Waals surface area contributed by atoms with Crippen molar-refractivity contribution >= 4 is 41.4 Å². The summed E-state index contributed by atoms with van der Waals surface area (Å²) >= 11 is 0. The molecule has 2 aromatic carbocycles. The minimum atomic E-state index is -0.751. The first-order valence-electron chi connectivity index (χ1n) is 10.6. The molecule has 5 nitrogen and oxygen atoms in total. The summed E-state index contributed by atoms with van der Waals surface area (Å²) < 4.78 is 39.3. The highest BCUT2D eigenvalue weighted by molar-refractivity contribution is 5.95. The Morgan fingerprint density at radius 2 is 1.61 bits per heavy atom. The van der Waals surface area contributed by atoms with Crippen molar-refractivity contribution in [1.29, 1.82) is 0 Å². The number of likely N-dealkylation sites (N-methyl/N-ethyl adjacent to an activating group) is 1. The van der Waals surface area contributed by atoms with Gasteiger partial charge in [0, 0.05) is 44.2 Å². The topological polar surface area (TPSA) is 37.8 Å². The third-order valence-electron chi connectivity index (χ3n) is 5.67. The Balaban J connectivity index is 0.00000193. The summed E-state index contributed by atoms with van der Waals surface area (Å²) in [6, 6.07) is 12.4. The van der Waals surface area contributed by atoms with Gasteiger partial charge in [-0.2, -0.15) is 0 Å². The number of ether oxygens (including phenoxy) is 2. The predicted octanol–water partition coefficient (Wildman–Crippen LogP) is 5.19. The van der Waals surface area contributed by atoms with E-state index in [1.807, 2.05) is 30.3 Å². The highest BCUT2D eigenvalue weighted by atomic mass is 35.5. The average molecular weight is 500 g/mol. The van der Waals surface area contributed by atoms with E-state index in [1.54, 1.807) is 0 Å². The minimum absolute atomic E-state index is 0. The molecule has 4 rings (SSSR count). The number of aromatic nitrogens is 1. The predicted molar refractivity (Wildman–Crippen MR) is 133 cm³/mol. The van der Waals surface area contributed by atoms with Crippen LogP contribution < -0.4 is 9.64 Å². The SMILES string of the molecule is CCN1CCN(c2nc(-c3cc(F)c(OCCOC)c(F)c3)cc3ccccc23)CC1.Cl.Cl. The van der Waals surface area contributed by atoms with Gasteiger partial charge in [-0.1, -0.05) is 31.2 Å². The molecule has 0 radical (unpaired) electrons. The van der Waals surface area contributed by atoms with Gasteiger partial charge in [-0.15, -0.1) is 24.8 Å². The van der Waals surface area contributed by atoms with Gasteiger partial charge in [-0.3, -0.25) is 0 Å². The lowest BCUT2D eigenvalue weighted by molar-refractivity contribution is 0.141. The molecular formula is C24H29Cl2F2N3O2. The van der Waals surface area contributed by atoms with Crippen molar-refractivity contribution in [3.8, 4) is 17.0 Å². The lowest BCUT2D eigenvalue weighted by Crippen LogP contribution is -2.46. The summed E-state index contributed by atoms with van der Waals surface area (Å²) in [5.41, 5.74) is 0.918. The molecule has 0 unspecified atom stereocenters. The van der Waals surface area contributed by atoms with Crippen LogP contribution in [0.3, 0.4) is 0 Å². The van der Waals surface area contributed by atoms with Crippen LogP contribution in [0, 0.1) is 11.6 Å². The highest BCUT2D eigenvalue weighted by Crippen LogP contribution is 2.33. The first-order valence-corrected chi connectivity index (χ1v) is 10.6. The van der Waals surface area contributed by atoms with Gasteiger partial charge in [0.25, 0.3) is 0 Å². The van der Waals surface area contributed by atoms with E-state index in [2.05, 4.69) is 16.7 Å². The molecule has 0 N–H and O–H groups in total. The second-order valence-electron chi connectivity index (χ2n) is 7.58. The maximum absolute atomic E-state index is 14.6. The fraction of sp³-hybridized carbons (Fsp3) is 0.375. The zero-order valence-corrected chi connectivity index (χ0v) is 20.4. The van der Waals surface area contributed by atoms with Gasteiger partial charge >= 0.3 is 0 Å². The monoisotopic (exact) mass is 499 g/mol. The molecule has 0 amide bonds. The fourth-order valence-electron chi connectivity index (χ4n) is 3.92. The van der Waals surface area contributed by atoms with Crippen molar-refractivity contribution < 1.29 is 18.3 Å². The number of fused-ring (bicyclic) bond motifs is 1. The Morgan fingerprint density at radius 1 is 0.939 bits per heavy atom. The zero-order valence-electron chi connectivity index (χ0n) is 18.7. The first-order chi connectivity index (χ1) is 15.1.